The van der Waals surface area contributed by atoms with Crippen molar-refractivity contribution in [2.45, 2.75) is 32.4 Å². The van der Waals surface area contributed by atoms with E-state index in [-0.39, 0.29) is 0 Å². The van der Waals surface area contributed by atoms with Crippen LogP contribution in [0.5, 0.6) is 0 Å². The molecule has 7 heteroatoms. The van der Waals surface area contributed by atoms with E-state index in [4.69, 9.17) is 4.74 Å². The number of rotatable bonds is 7. The van der Waals surface area contributed by atoms with Crippen LogP contribution in [-0.4, -0.2) is 73.6 Å². The fourth-order valence-electron chi connectivity index (χ4n) is 2.79. The molecule has 1 fully saturated rings. The lowest BCUT2D eigenvalue weighted by molar-refractivity contribution is 0.128. The van der Waals surface area contributed by atoms with Crippen LogP contribution in [0, 0.1) is 6.92 Å². The number of hydrogen-bond acceptors (Lipinski definition) is 4. The summed E-state index contributed by atoms with van der Waals surface area (Å²) < 4.78 is 7.09. The number of methoxy groups -OCH3 is 1. The van der Waals surface area contributed by atoms with Crippen molar-refractivity contribution in [3.05, 3.63) is 18.0 Å². The Bertz CT molecular complexity index is 479. The molecule has 0 unspecified atom stereocenters. The van der Waals surface area contributed by atoms with Crippen molar-refractivity contribution >= 4 is 5.96 Å². The highest BCUT2D eigenvalue weighted by Crippen LogP contribution is 2.09. The van der Waals surface area contributed by atoms with Gasteiger partial charge in [-0.05, 0) is 25.3 Å². The van der Waals surface area contributed by atoms with E-state index in [0.29, 0.717) is 6.04 Å². The van der Waals surface area contributed by atoms with Crippen molar-refractivity contribution in [2.24, 2.45) is 4.99 Å². The highest BCUT2D eigenvalue weighted by Gasteiger charge is 2.19. The fraction of sp³-hybridized carbons (Fsp3) is 0.750. The number of aryl methyl sites for hydroxylation is 1. The van der Waals surface area contributed by atoms with Gasteiger partial charge in [0.05, 0.1) is 19.3 Å². The Labute approximate surface area is 139 Å². The first-order valence-electron chi connectivity index (χ1n) is 8.39. The van der Waals surface area contributed by atoms with Gasteiger partial charge in [0.15, 0.2) is 5.96 Å². The molecular formula is C16H30N6O. The van der Waals surface area contributed by atoms with Gasteiger partial charge in [-0.2, -0.15) is 5.10 Å². The third-order valence-electron chi connectivity index (χ3n) is 4.16. The summed E-state index contributed by atoms with van der Waals surface area (Å²) in [7, 11) is 3.58. The van der Waals surface area contributed by atoms with Crippen molar-refractivity contribution in [1.82, 2.24) is 25.3 Å². The van der Waals surface area contributed by atoms with Crippen molar-refractivity contribution in [3.63, 3.8) is 0 Å². The molecule has 0 atom stereocenters. The number of hydrogen-bond donors (Lipinski definition) is 2. The molecule has 1 aromatic heterocycles. The summed E-state index contributed by atoms with van der Waals surface area (Å²) in [5.41, 5.74) is 1.19. The van der Waals surface area contributed by atoms with Crippen LogP contribution in [-0.2, 0) is 11.3 Å². The molecule has 0 aromatic carbocycles. The largest absolute Gasteiger partial charge is 0.383 e. The molecule has 0 saturated carbocycles. The van der Waals surface area contributed by atoms with E-state index in [9.17, 15) is 0 Å². The van der Waals surface area contributed by atoms with Gasteiger partial charge in [0.1, 0.15) is 0 Å². The molecule has 0 amide bonds. The summed E-state index contributed by atoms with van der Waals surface area (Å²) in [6.07, 6.45) is 6.21. The molecule has 7 nitrogen and oxygen atoms in total. The number of piperidine rings is 1. The molecule has 0 aliphatic carbocycles. The summed E-state index contributed by atoms with van der Waals surface area (Å²) >= 11 is 0. The quantitative estimate of drug-likeness (QED) is 0.564. The Balaban J connectivity index is 1.65. The van der Waals surface area contributed by atoms with Gasteiger partial charge in [0, 0.05) is 52.6 Å². The average Bonchev–Trinajstić information content (AvgIpc) is 2.98. The van der Waals surface area contributed by atoms with Crippen LogP contribution in [0.4, 0.5) is 0 Å². The van der Waals surface area contributed by atoms with Crippen LogP contribution >= 0.6 is 0 Å². The number of likely N-dealkylation sites (tertiary alicyclic amines) is 1. The molecule has 1 saturated heterocycles. The monoisotopic (exact) mass is 322 g/mol. The maximum absolute atomic E-state index is 5.14. The molecule has 2 N–H and O–H groups in total. The summed E-state index contributed by atoms with van der Waals surface area (Å²) in [5, 5.41) is 11.2. The van der Waals surface area contributed by atoms with E-state index in [2.05, 4.69) is 32.5 Å². The summed E-state index contributed by atoms with van der Waals surface area (Å²) in [4.78, 5) is 6.77. The highest BCUT2D eigenvalue weighted by atomic mass is 16.5. The minimum absolute atomic E-state index is 0.493. The lowest BCUT2D eigenvalue weighted by Crippen LogP contribution is -2.49. The molecule has 0 bridgehead atoms. The first kappa shape index (κ1) is 17.7. The molecule has 1 aliphatic heterocycles. The van der Waals surface area contributed by atoms with Gasteiger partial charge in [0.25, 0.3) is 0 Å². The lowest BCUT2D eigenvalue weighted by Gasteiger charge is -2.32. The van der Waals surface area contributed by atoms with Gasteiger partial charge in [-0.15, -0.1) is 0 Å². The minimum atomic E-state index is 0.493. The van der Waals surface area contributed by atoms with E-state index in [0.717, 1.165) is 58.1 Å². The second kappa shape index (κ2) is 9.52. The molecule has 23 heavy (non-hydrogen) atoms. The minimum Gasteiger partial charge on any atom is -0.383 e. The zero-order valence-corrected chi connectivity index (χ0v) is 14.6. The van der Waals surface area contributed by atoms with Crippen molar-refractivity contribution in [1.29, 1.82) is 0 Å². The number of aromatic nitrogens is 2. The van der Waals surface area contributed by atoms with Gasteiger partial charge in [-0.3, -0.25) is 9.67 Å². The Hall–Kier alpha value is -1.60. The summed E-state index contributed by atoms with van der Waals surface area (Å²) in [6.45, 7) is 7.77. The normalized spacial score (nSPS) is 17.4. The maximum atomic E-state index is 5.14. The number of ether oxygens (including phenoxy) is 1. The third-order valence-corrected chi connectivity index (χ3v) is 4.16. The van der Waals surface area contributed by atoms with E-state index >= 15 is 0 Å². The number of nitrogens with one attached hydrogen (secondary N) is 2. The average molecular weight is 322 g/mol. The fourth-order valence-corrected chi connectivity index (χ4v) is 2.79. The first-order chi connectivity index (χ1) is 11.2. The Morgan fingerprint density at radius 3 is 2.78 bits per heavy atom. The van der Waals surface area contributed by atoms with Gasteiger partial charge in [-0.1, -0.05) is 0 Å². The molecule has 130 valence electrons. The Morgan fingerprint density at radius 1 is 1.39 bits per heavy atom. The van der Waals surface area contributed by atoms with Gasteiger partial charge in [0.2, 0.25) is 0 Å². The summed E-state index contributed by atoms with van der Waals surface area (Å²) in [5.74, 6) is 0.879. The molecule has 0 radical (unpaired) electrons. The smallest absolute Gasteiger partial charge is 0.191 e. The molecule has 0 spiro atoms. The van der Waals surface area contributed by atoms with Crippen molar-refractivity contribution < 1.29 is 4.74 Å². The lowest BCUT2D eigenvalue weighted by atomic mass is 10.1. The Kier molecular flexibility index (Phi) is 7.35. The van der Waals surface area contributed by atoms with Crippen LogP contribution in [0.3, 0.4) is 0 Å². The van der Waals surface area contributed by atoms with Gasteiger partial charge >= 0.3 is 0 Å². The molecule has 2 rings (SSSR count). The Morgan fingerprint density at radius 2 is 2.17 bits per heavy atom. The second-order valence-corrected chi connectivity index (χ2v) is 6.03. The number of nitrogens with zero attached hydrogens (tertiary/aromatic N) is 4. The van der Waals surface area contributed by atoms with Crippen LogP contribution in [0.25, 0.3) is 0 Å². The predicted molar refractivity (Wildman–Crippen MR) is 92.8 cm³/mol. The highest BCUT2D eigenvalue weighted by molar-refractivity contribution is 5.79. The number of guanidine groups is 1. The zero-order valence-electron chi connectivity index (χ0n) is 14.6. The van der Waals surface area contributed by atoms with E-state index in [1.807, 2.05) is 24.1 Å². The van der Waals surface area contributed by atoms with Crippen molar-refractivity contribution in [2.75, 3.05) is 46.9 Å². The third kappa shape index (κ3) is 6.19. The molecule has 1 aliphatic rings. The molecule has 2 heterocycles. The van der Waals surface area contributed by atoms with E-state index < -0.39 is 0 Å². The van der Waals surface area contributed by atoms with Gasteiger partial charge < -0.3 is 20.3 Å². The molecule has 1 aromatic rings. The van der Waals surface area contributed by atoms with Crippen LogP contribution < -0.4 is 10.6 Å². The van der Waals surface area contributed by atoms with E-state index in [1.54, 1.807) is 7.11 Å². The van der Waals surface area contributed by atoms with Crippen LogP contribution in [0.1, 0.15) is 18.4 Å². The first-order valence-corrected chi connectivity index (χ1v) is 8.39. The number of aliphatic imine (C=N–C) groups is 1. The van der Waals surface area contributed by atoms with Crippen LogP contribution in [0.15, 0.2) is 17.4 Å². The topological polar surface area (TPSA) is 66.7 Å². The van der Waals surface area contributed by atoms with Crippen molar-refractivity contribution in [3.8, 4) is 0 Å². The zero-order chi connectivity index (χ0) is 16.5. The SMILES string of the molecule is CN=C(NCCn1cc(C)cn1)NC1CCN(CCOC)CC1. The van der Waals surface area contributed by atoms with Crippen LogP contribution in [0.2, 0.25) is 0 Å². The van der Waals surface area contributed by atoms with Gasteiger partial charge in [-0.25, -0.2) is 0 Å². The maximum Gasteiger partial charge on any atom is 0.191 e. The standard InChI is InChI=1S/C16H30N6O/c1-14-12-19-22(13-14)9-6-18-16(17-2)20-15-4-7-21(8-5-15)10-11-23-3/h12-13,15H,4-11H2,1-3H3,(H2,17,18,20). The summed E-state index contributed by atoms with van der Waals surface area (Å²) in [6, 6.07) is 0.493. The second-order valence-electron chi connectivity index (χ2n) is 6.03. The predicted octanol–water partition coefficient (Wildman–Crippen LogP) is 0.467. The van der Waals surface area contributed by atoms with E-state index in [1.165, 1.54) is 5.56 Å². The molecular weight excluding hydrogens is 292 g/mol.